The average Bonchev–Trinajstić information content (AvgIpc) is 2.44. The van der Waals surface area contributed by atoms with Crippen LogP contribution in [0.5, 0.6) is 5.75 Å². The summed E-state index contributed by atoms with van der Waals surface area (Å²) in [6, 6.07) is 4.99. The molecule has 120 valence electrons. The Labute approximate surface area is 128 Å². The molecule has 3 nitrogen and oxygen atoms in total. The van der Waals surface area contributed by atoms with Crippen molar-refractivity contribution in [3.05, 3.63) is 29.8 Å². The van der Waals surface area contributed by atoms with Crippen LogP contribution in [0.3, 0.4) is 0 Å². The summed E-state index contributed by atoms with van der Waals surface area (Å²) in [6.45, 7) is 4.59. The van der Waals surface area contributed by atoms with Crippen LogP contribution in [0.1, 0.15) is 12.0 Å². The topological polar surface area (TPSA) is 21.7 Å². The molecule has 0 aliphatic carbocycles. The lowest BCUT2D eigenvalue weighted by molar-refractivity contribution is -0.137. The van der Waals surface area contributed by atoms with Gasteiger partial charge < -0.3 is 9.47 Å². The number of nitrogens with zero attached hydrogens (tertiary/aromatic N) is 1. The van der Waals surface area contributed by atoms with Gasteiger partial charge in [0.2, 0.25) is 0 Å². The van der Waals surface area contributed by atoms with E-state index in [-0.39, 0.29) is 18.2 Å². The first-order chi connectivity index (χ1) is 9.55. The highest BCUT2D eigenvalue weighted by Crippen LogP contribution is 2.31. The third-order valence-electron chi connectivity index (χ3n) is 3.15. The molecule has 0 bridgehead atoms. The highest BCUT2D eigenvalue weighted by Gasteiger charge is 2.30. The predicted molar refractivity (Wildman–Crippen MR) is 76.1 cm³/mol. The van der Waals surface area contributed by atoms with E-state index in [0.29, 0.717) is 6.61 Å². The zero-order valence-corrected chi connectivity index (χ0v) is 12.4. The van der Waals surface area contributed by atoms with E-state index in [0.717, 1.165) is 51.4 Å². The first-order valence-electron chi connectivity index (χ1n) is 6.66. The molecule has 7 heteroatoms. The van der Waals surface area contributed by atoms with Gasteiger partial charge in [0.1, 0.15) is 5.75 Å². The summed E-state index contributed by atoms with van der Waals surface area (Å²) >= 11 is 0. The maximum atomic E-state index is 12.5. The fourth-order valence-corrected chi connectivity index (χ4v) is 2.07. The highest BCUT2D eigenvalue weighted by atomic mass is 35.5. The number of alkyl halides is 3. The molecule has 1 aromatic carbocycles. The Morgan fingerprint density at radius 2 is 1.90 bits per heavy atom. The molecule has 2 rings (SSSR count). The molecule has 0 unspecified atom stereocenters. The maximum Gasteiger partial charge on any atom is 0.416 e. The van der Waals surface area contributed by atoms with E-state index >= 15 is 0 Å². The first kappa shape index (κ1) is 18.1. The lowest BCUT2D eigenvalue weighted by Crippen LogP contribution is -2.37. The van der Waals surface area contributed by atoms with Crippen molar-refractivity contribution >= 4 is 12.4 Å². The summed E-state index contributed by atoms with van der Waals surface area (Å²) in [7, 11) is 0. The Morgan fingerprint density at radius 3 is 2.57 bits per heavy atom. The van der Waals surface area contributed by atoms with Crippen molar-refractivity contribution in [1.29, 1.82) is 0 Å². The summed E-state index contributed by atoms with van der Waals surface area (Å²) in [5.41, 5.74) is -0.678. The van der Waals surface area contributed by atoms with Gasteiger partial charge in [0.05, 0.1) is 25.4 Å². The van der Waals surface area contributed by atoms with Crippen molar-refractivity contribution in [3.63, 3.8) is 0 Å². The van der Waals surface area contributed by atoms with Gasteiger partial charge in [-0.3, -0.25) is 4.90 Å². The van der Waals surface area contributed by atoms with Gasteiger partial charge in [-0.1, -0.05) is 6.07 Å². The molecule has 0 saturated carbocycles. The second-order valence-corrected chi connectivity index (χ2v) is 4.68. The van der Waals surface area contributed by atoms with E-state index in [1.54, 1.807) is 6.07 Å². The quantitative estimate of drug-likeness (QED) is 0.776. The molecular formula is C14H19ClF3NO2. The molecule has 1 fully saturated rings. The Kier molecular flexibility index (Phi) is 7.28. The molecule has 0 spiro atoms. The van der Waals surface area contributed by atoms with Crippen LogP contribution >= 0.6 is 12.4 Å². The second-order valence-electron chi connectivity index (χ2n) is 4.68. The number of morpholine rings is 1. The van der Waals surface area contributed by atoms with Crippen LogP contribution in [0.2, 0.25) is 0 Å². The maximum absolute atomic E-state index is 12.5. The molecule has 1 saturated heterocycles. The normalized spacial score (nSPS) is 16.3. The molecular weight excluding hydrogens is 307 g/mol. The van der Waals surface area contributed by atoms with Gasteiger partial charge in [0.25, 0.3) is 0 Å². The fourth-order valence-electron chi connectivity index (χ4n) is 2.07. The standard InChI is InChI=1S/C14H18F3NO2.ClH/c15-14(16,17)12-3-1-4-13(11-12)20-8-2-5-18-6-9-19-10-7-18;/h1,3-4,11H,2,5-10H2;1H. The van der Waals surface area contributed by atoms with Crippen LogP contribution in [0.25, 0.3) is 0 Å². The highest BCUT2D eigenvalue weighted by molar-refractivity contribution is 5.85. The van der Waals surface area contributed by atoms with Crippen molar-refractivity contribution in [2.24, 2.45) is 0 Å². The van der Waals surface area contributed by atoms with Crippen molar-refractivity contribution in [3.8, 4) is 5.75 Å². The molecule has 0 N–H and O–H groups in total. The van der Waals surface area contributed by atoms with E-state index in [4.69, 9.17) is 9.47 Å². The minimum atomic E-state index is -4.33. The van der Waals surface area contributed by atoms with Crippen LogP contribution in [0.4, 0.5) is 13.2 Å². The molecule has 0 aromatic heterocycles. The molecule has 1 aliphatic heterocycles. The summed E-state index contributed by atoms with van der Waals surface area (Å²) in [4.78, 5) is 2.26. The van der Waals surface area contributed by atoms with Crippen molar-refractivity contribution in [2.75, 3.05) is 39.5 Å². The van der Waals surface area contributed by atoms with Crippen LogP contribution in [0, 0.1) is 0 Å². The van der Waals surface area contributed by atoms with E-state index in [1.165, 1.54) is 6.07 Å². The van der Waals surface area contributed by atoms with E-state index < -0.39 is 11.7 Å². The number of rotatable bonds is 5. The zero-order chi connectivity index (χ0) is 14.4. The van der Waals surface area contributed by atoms with Gasteiger partial charge in [-0.05, 0) is 24.6 Å². The number of hydrogen-bond acceptors (Lipinski definition) is 3. The predicted octanol–water partition coefficient (Wildman–Crippen LogP) is 3.23. The summed E-state index contributed by atoms with van der Waals surface area (Å²) in [6.07, 6.45) is -3.54. The van der Waals surface area contributed by atoms with Crippen molar-refractivity contribution in [2.45, 2.75) is 12.6 Å². The first-order valence-corrected chi connectivity index (χ1v) is 6.66. The molecule has 0 atom stereocenters. The van der Waals surface area contributed by atoms with Gasteiger partial charge in [-0.15, -0.1) is 12.4 Å². The summed E-state index contributed by atoms with van der Waals surface area (Å²) in [5.74, 6) is 0.266. The molecule has 21 heavy (non-hydrogen) atoms. The Morgan fingerprint density at radius 1 is 1.19 bits per heavy atom. The molecule has 1 heterocycles. The van der Waals surface area contributed by atoms with Crippen LogP contribution in [-0.2, 0) is 10.9 Å². The summed E-state index contributed by atoms with van der Waals surface area (Å²) in [5, 5.41) is 0. The third kappa shape index (κ3) is 6.11. The lowest BCUT2D eigenvalue weighted by Gasteiger charge is -2.26. The molecule has 0 amide bonds. The Balaban J connectivity index is 0.00000220. The van der Waals surface area contributed by atoms with Crippen LogP contribution in [0.15, 0.2) is 24.3 Å². The van der Waals surface area contributed by atoms with E-state index in [9.17, 15) is 13.2 Å². The number of ether oxygens (including phenoxy) is 2. The van der Waals surface area contributed by atoms with Crippen LogP contribution in [-0.4, -0.2) is 44.4 Å². The number of hydrogen-bond donors (Lipinski definition) is 0. The monoisotopic (exact) mass is 325 g/mol. The van der Waals surface area contributed by atoms with Gasteiger partial charge in [0, 0.05) is 19.6 Å². The zero-order valence-electron chi connectivity index (χ0n) is 11.6. The van der Waals surface area contributed by atoms with Gasteiger partial charge in [-0.2, -0.15) is 13.2 Å². The fraction of sp³-hybridized carbons (Fsp3) is 0.571. The van der Waals surface area contributed by atoms with Gasteiger partial charge >= 0.3 is 6.18 Å². The largest absolute Gasteiger partial charge is 0.494 e. The Bertz CT molecular complexity index is 423. The minimum Gasteiger partial charge on any atom is -0.494 e. The molecule has 0 radical (unpaired) electrons. The average molecular weight is 326 g/mol. The minimum absolute atomic E-state index is 0. The second kappa shape index (κ2) is 8.46. The molecule has 1 aromatic rings. The summed E-state index contributed by atoms with van der Waals surface area (Å²) < 4.78 is 48.2. The molecule has 1 aliphatic rings. The van der Waals surface area contributed by atoms with Crippen LogP contribution < -0.4 is 4.74 Å². The SMILES string of the molecule is Cl.FC(F)(F)c1cccc(OCCCN2CCOCC2)c1. The van der Waals surface area contributed by atoms with E-state index in [1.807, 2.05) is 0 Å². The lowest BCUT2D eigenvalue weighted by atomic mass is 10.2. The Hall–Kier alpha value is -0.980. The third-order valence-corrected chi connectivity index (χ3v) is 3.15. The van der Waals surface area contributed by atoms with Crippen molar-refractivity contribution < 1.29 is 22.6 Å². The number of benzene rings is 1. The smallest absolute Gasteiger partial charge is 0.416 e. The van der Waals surface area contributed by atoms with Gasteiger partial charge in [-0.25, -0.2) is 0 Å². The van der Waals surface area contributed by atoms with Crippen molar-refractivity contribution in [1.82, 2.24) is 4.90 Å². The van der Waals surface area contributed by atoms with E-state index in [2.05, 4.69) is 4.90 Å². The number of halogens is 4. The van der Waals surface area contributed by atoms with Gasteiger partial charge in [0.15, 0.2) is 0 Å².